The van der Waals surface area contributed by atoms with Crippen molar-refractivity contribution in [2.24, 2.45) is 5.73 Å². The molecule has 0 radical (unpaired) electrons. The van der Waals surface area contributed by atoms with E-state index in [1.165, 1.54) is 50.0 Å². The summed E-state index contributed by atoms with van der Waals surface area (Å²) < 4.78 is 0. The van der Waals surface area contributed by atoms with E-state index in [9.17, 15) is 0 Å². The molecule has 1 saturated heterocycles. The maximum atomic E-state index is 5.94. The molecule has 1 fully saturated rings. The monoisotopic (exact) mass is 240 g/mol. The summed E-state index contributed by atoms with van der Waals surface area (Å²) >= 11 is 2.05. The third-order valence-electron chi connectivity index (χ3n) is 3.79. The van der Waals surface area contributed by atoms with Gasteiger partial charge in [0.1, 0.15) is 0 Å². The van der Waals surface area contributed by atoms with Gasteiger partial charge < -0.3 is 11.1 Å². The van der Waals surface area contributed by atoms with E-state index in [1.807, 2.05) is 0 Å². The summed E-state index contributed by atoms with van der Waals surface area (Å²) in [5.41, 5.74) is 7.84. The minimum Gasteiger partial charge on any atom is -0.329 e. The topological polar surface area (TPSA) is 38.0 Å². The Kier molecular flexibility index (Phi) is 4.74. The van der Waals surface area contributed by atoms with E-state index >= 15 is 0 Å². The van der Waals surface area contributed by atoms with Crippen LogP contribution in [0.1, 0.15) is 38.5 Å². The number of thioether (sulfide) groups is 1. The quantitative estimate of drug-likeness (QED) is 0.724. The largest absolute Gasteiger partial charge is 0.329 e. The first-order valence-electron chi connectivity index (χ1n) is 6.55. The lowest BCUT2D eigenvalue weighted by atomic mass is 9.95. The maximum Gasteiger partial charge on any atom is 0.0395 e. The summed E-state index contributed by atoms with van der Waals surface area (Å²) in [5, 5.41) is 3.73. The van der Waals surface area contributed by atoms with E-state index in [1.54, 1.807) is 5.57 Å². The molecule has 3 N–H and O–H groups in total. The number of nitrogens with one attached hydrogen (secondary N) is 1. The Bertz CT molecular complexity index is 244. The van der Waals surface area contributed by atoms with Crippen LogP contribution in [0.5, 0.6) is 0 Å². The molecule has 2 aliphatic rings. The molecular weight excluding hydrogens is 216 g/mol. The molecule has 16 heavy (non-hydrogen) atoms. The van der Waals surface area contributed by atoms with Crippen molar-refractivity contribution in [2.75, 3.05) is 24.6 Å². The van der Waals surface area contributed by atoms with Gasteiger partial charge in [-0.15, -0.1) is 0 Å². The van der Waals surface area contributed by atoms with Gasteiger partial charge in [-0.05, 0) is 50.8 Å². The first kappa shape index (κ1) is 12.5. The molecular formula is C13H24N2S. The van der Waals surface area contributed by atoms with Crippen LogP contribution >= 0.6 is 11.8 Å². The summed E-state index contributed by atoms with van der Waals surface area (Å²) in [7, 11) is 0. The van der Waals surface area contributed by atoms with Crippen LogP contribution in [0.4, 0.5) is 0 Å². The third-order valence-corrected chi connectivity index (χ3v) is 5.13. The highest BCUT2D eigenvalue weighted by Crippen LogP contribution is 2.26. The van der Waals surface area contributed by atoms with Crippen molar-refractivity contribution >= 4 is 11.8 Å². The van der Waals surface area contributed by atoms with Gasteiger partial charge in [0.05, 0.1) is 0 Å². The minimum absolute atomic E-state index is 0.238. The van der Waals surface area contributed by atoms with Gasteiger partial charge in [0, 0.05) is 17.8 Å². The number of nitrogens with two attached hydrogens (primary N) is 1. The van der Waals surface area contributed by atoms with Crippen LogP contribution < -0.4 is 11.1 Å². The van der Waals surface area contributed by atoms with E-state index in [4.69, 9.17) is 5.73 Å². The van der Waals surface area contributed by atoms with E-state index in [-0.39, 0.29) is 5.54 Å². The zero-order valence-electron chi connectivity index (χ0n) is 10.1. The first-order chi connectivity index (χ1) is 7.85. The summed E-state index contributed by atoms with van der Waals surface area (Å²) in [6.45, 7) is 1.91. The Balaban J connectivity index is 1.73. The van der Waals surface area contributed by atoms with Crippen LogP contribution in [0.25, 0.3) is 0 Å². The van der Waals surface area contributed by atoms with Gasteiger partial charge in [-0.3, -0.25) is 0 Å². The smallest absolute Gasteiger partial charge is 0.0395 e. The third kappa shape index (κ3) is 3.25. The number of allylic oxidation sites excluding steroid dienone is 1. The van der Waals surface area contributed by atoms with Crippen molar-refractivity contribution in [1.29, 1.82) is 0 Å². The molecule has 2 rings (SSSR count). The van der Waals surface area contributed by atoms with Crippen molar-refractivity contribution in [3.63, 3.8) is 0 Å². The lowest BCUT2D eigenvalue weighted by Gasteiger charge is -2.37. The summed E-state index contributed by atoms with van der Waals surface area (Å²) in [4.78, 5) is 0. The second-order valence-corrected chi connectivity index (χ2v) is 6.18. The van der Waals surface area contributed by atoms with Crippen LogP contribution in [-0.4, -0.2) is 30.1 Å². The molecule has 3 heteroatoms. The van der Waals surface area contributed by atoms with Crippen molar-refractivity contribution < 1.29 is 0 Å². The molecule has 0 aromatic carbocycles. The molecule has 0 aromatic heterocycles. The second kappa shape index (κ2) is 6.08. The molecule has 1 heterocycles. The van der Waals surface area contributed by atoms with E-state index in [2.05, 4.69) is 23.2 Å². The SMILES string of the molecule is NCC1(NCCC2=CCCC2)CCCSC1. The molecule has 0 spiro atoms. The standard InChI is InChI=1S/C13H24N2S/c14-10-13(7-3-9-16-11-13)15-8-6-12-4-1-2-5-12/h4,15H,1-3,5-11,14H2. The molecule has 2 nitrogen and oxygen atoms in total. The maximum absolute atomic E-state index is 5.94. The molecule has 1 aliphatic carbocycles. The zero-order valence-corrected chi connectivity index (χ0v) is 11.0. The Morgan fingerprint density at radius 2 is 2.38 bits per heavy atom. The van der Waals surface area contributed by atoms with Crippen molar-refractivity contribution in [1.82, 2.24) is 5.32 Å². The highest BCUT2D eigenvalue weighted by Gasteiger charge is 2.30. The zero-order chi connectivity index (χ0) is 11.3. The highest BCUT2D eigenvalue weighted by atomic mass is 32.2. The second-order valence-electron chi connectivity index (χ2n) is 5.07. The van der Waals surface area contributed by atoms with Crippen LogP contribution in [0.15, 0.2) is 11.6 Å². The van der Waals surface area contributed by atoms with Gasteiger partial charge in [0.2, 0.25) is 0 Å². The Labute approximate surface area is 103 Å². The average Bonchev–Trinajstić information content (AvgIpc) is 2.83. The van der Waals surface area contributed by atoms with Crippen LogP contribution in [0, 0.1) is 0 Å². The van der Waals surface area contributed by atoms with Crippen molar-refractivity contribution in [3.05, 3.63) is 11.6 Å². The molecule has 1 atom stereocenters. The Morgan fingerprint density at radius 1 is 1.44 bits per heavy atom. The van der Waals surface area contributed by atoms with Crippen LogP contribution in [0.3, 0.4) is 0 Å². The van der Waals surface area contributed by atoms with Gasteiger partial charge >= 0.3 is 0 Å². The van der Waals surface area contributed by atoms with Crippen LogP contribution in [-0.2, 0) is 0 Å². The molecule has 92 valence electrons. The summed E-state index contributed by atoms with van der Waals surface area (Å²) in [6.07, 6.45) is 10.2. The first-order valence-corrected chi connectivity index (χ1v) is 7.71. The number of hydrogen-bond donors (Lipinski definition) is 2. The fraction of sp³-hybridized carbons (Fsp3) is 0.846. The van der Waals surface area contributed by atoms with E-state index in [0.717, 1.165) is 13.1 Å². The highest BCUT2D eigenvalue weighted by molar-refractivity contribution is 7.99. The lowest BCUT2D eigenvalue weighted by molar-refractivity contribution is 0.339. The van der Waals surface area contributed by atoms with Gasteiger partial charge in [-0.1, -0.05) is 11.6 Å². The molecule has 0 saturated carbocycles. The molecule has 1 unspecified atom stereocenters. The van der Waals surface area contributed by atoms with Crippen molar-refractivity contribution in [2.45, 2.75) is 44.1 Å². The van der Waals surface area contributed by atoms with Gasteiger partial charge in [0.25, 0.3) is 0 Å². The van der Waals surface area contributed by atoms with Crippen LogP contribution in [0.2, 0.25) is 0 Å². The Hall–Kier alpha value is 0.01000. The summed E-state index contributed by atoms with van der Waals surface area (Å²) in [5.74, 6) is 2.51. The molecule has 0 aromatic rings. The predicted molar refractivity (Wildman–Crippen MR) is 72.9 cm³/mol. The fourth-order valence-corrected chi connectivity index (χ4v) is 3.93. The normalized spacial score (nSPS) is 30.4. The van der Waals surface area contributed by atoms with Gasteiger partial charge in [0.15, 0.2) is 0 Å². The minimum atomic E-state index is 0.238. The molecule has 0 amide bonds. The molecule has 0 bridgehead atoms. The van der Waals surface area contributed by atoms with Gasteiger partial charge in [-0.2, -0.15) is 11.8 Å². The lowest BCUT2D eigenvalue weighted by Crippen LogP contribution is -2.55. The number of rotatable bonds is 5. The van der Waals surface area contributed by atoms with E-state index in [0.29, 0.717) is 0 Å². The predicted octanol–water partition coefficient (Wildman–Crippen LogP) is 2.30. The van der Waals surface area contributed by atoms with Gasteiger partial charge in [-0.25, -0.2) is 0 Å². The number of hydrogen-bond acceptors (Lipinski definition) is 3. The van der Waals surface area contributed by atoms with Crippen molar-refractivity contribution in [3.8, 4) is 0 Å². The fourth-order valence-electron chi connectivity index (χ4n) is 2.68. The van der Waals surface area contributed by atoms with E-state index < -0.39 is 0 Å². The Morgan fingerprint density at radius 3 is 3.00 bits per heavy atom. The average molecular weight is 240 g/mol. The molecule has 1 aliphatic heterocycles. The summed E-state index contributed by atoms with van der Waals surface area (Å²) in [6, 6.07) is 0.